The third-order valence-electron chi connectivity index (χ3n) is 6.01. The molecule has 0 radical (unpaired) electrons. The molecule has 0 amide bonds. The summed E-state index contributed by atoms with van der Waals surface area (Å²) in [5.41, 5.74) is 0. The Kier molecular flexibility index (Phi) is 7.68. The molecule has 0 spiro atoms. The molecule has 2 nitrogen and oxygen atoms in total. The molecule has 0 bridgehead atoms. The van der Waals surface area contributed by atoms with Gasteiger partial charge in [0.2, 0.25) is 5.82 Å². The fourth-order valence-corrected chi connectivity index (χ4v) is 4.29. The van der Waals surface area contributed by atoms with E-state index in [1.807, 2.05) is 0 Å². The van der Waals surface area contributed by atoms with Crippen molar-refractivity contribution in [1.82, 2.24) is 0 Å². The Labute approximate surface area is 171 Å². The van der Waals surface area contributed by atoms with Crippen molar-refractivity contribution >= 4 is 10.8 Å². The molecule has 0 N–H and O–H groups in total. The lowest BCUT2D eigenvalue weighted by molar-refractivity contribution is 0.173. The molecule has 29 heavy (non-hydrogen) atoms. The van der Waals surface area contributed by atoms with Crippen LogP contribution in [-0.4, -0.2) is 13.2 Å². The van der Waals surface area contributed by atoms with Crippen molar-refractivity contribution in [3.05, 3.63) is 35.7 Å². The summed E-state index contributed by atoms with van der Waals surface area (Å²) in [6, 6.07) is 4.34. The van der Waals surface area contributed by atoms with E-state index in [-0.39, 0.29) is 23.5 Å². The normalized spacial score (nSPS) is 19.5. The predicted molar refractivity (Wildman–Crippen MR) is 110 cm³/mol. The quantitative estimate of drug-likeness (QED) is 0.402. The van der Waals surface area contributed by atoms with Crippen LogP contribution in [0.4, 0.5) is 13.2 Å². The summed E-state index contributed by atoms with van der Waals surface area (Å²) in [6.45, 7) is 4.53. The van der Waals surface area contributed by atoms with Crippen molar-refractivity contribution in [2.45, 2.75) is 65.2 Å². The highest BCUT2D eigenvalue weighted by atomic mass is 19.2. The van der Waals surface area contributed by atoms with Gasteiger partial charge in [0, 0.05) is 0 Å². The van der Waals surface area contributed by atoms with Crippen LogP contribution < -0.4 is 9.47 Å². The number of hydrogen-bond donors (Lipinski definition) is 0. The zero-order valence-electron chi connectivity index (χ0n) is 17.4. The van der Waals surface area contributed by atoms with Gasteiger partial charge in [-0.2, -0.15) is 4.39 Å². The molecule has 2 aromatic carbocycles. The highest BCUT2D eigenvalue weighted by Crippen LogP contribution is 2.36. The Bertz CT molecular complexity index is 814. The average Bonchev–Trinajstić information content (AvgIpc) is 2.72. The highest BCUT2D eigenvalue weighted by molar-refractivity contribution is 5.86. The largest absolute Gasteiger partial charge is 0.491 e. The number of hydrogen-bond acceptors (Lipinski definition) is 2. The zero-order chi connectivity index (χ0) is 20.8. The van der Waals surface area contributed by atoms with Gasteiger partial charge in [-0.25, -0.2) is 8.78 Å². The molecule has 2 aromatic rings. The minimum absolute atomic E-state index is 0.0809. The fraction of sp³-hybridized carbons (Fsp3) is 0.583. The first-order valence-corrected chi connectivity index (χ1v) is 10.9. The summed E-state index contributed by atoms with van der Waals surface area (Å²) in [5, 5.41) is -0.132. The lowest BCUT2D eigenvalue weighted by atomic mass is 9.80. The van der Waals surface area contributed by atoms with Crippen molar-refractivity contribution < 1.29 is 22.6 Å². The Morgan fingerprint density at radius 2 is 1.55 bits per heavy atom. The van der Waals surface area contributed by atoms with E-state index in [1.54, 1.807) is 6.92 Å². The van der Waals surface area contributed by atoms with E-state index >= 15 is 0 Å². The molecule has 5 heteroatoms. The molecule has 0 atom stereocenters. The van der Waals surface area contributed by atoms with E-state index < -0.39 is 22.8 Å². The number of ether oxygens (including phenoxy) is 2. The van der Waals surface area contributed by atoms with E-state index in [1.165, 1.54) is 56.7 Å². The molecular formula is C24H31F3O2. The van der Waals surface area contributed by atoms with Crippen molar-refractivity contribution in [3.63, 3.8) is 0 Å². The minimum atomic E-state index is -1.23. The van der Waals surface area contributed by atoms with Gasteiger partial charge < -0.3 is 9.47 Å². The van der Waals surface area contributed by atoms with Crippen LogP contribution in [-0.2, 0) is 0 Å². The molecule has 0 aliphatic heterocycles. The first kappa shape index (κ1) is 21.8. The molecule has 1 aliphatic rings. The topological polar surface area (TPSA) is 18.5 Å². The van der Waals surface area contributed by atoms with Gasteiger partial charge in [-0.1, -0.05) is 51.5 Å². The fourth-order valence-electron chi connectivity index (χ4n) is 4.29. The van der Waals surface area contributed by atoms with E-state index in [0.717, 1.165) is 18.8 Å². The third-order valence-corrected chi connectivity index (χ3v) is 6.01. The highest BCUT2D eigenvalue weighted by Gasteiger charge is 2.24. The molecule has 1 saturated carbocycles. The number of unbranched alkanes of at least 4 members (excludes halogenated alkanes) is 2. The number of halogens is 3. The average molecular weight is 409 g/mol. The van der Waals surface area contributed by atoms with Crippen LogP contribution in [0.3, 0.4) is 0 Å². The lowest BCUT2D eigenvalue weighted by Crippen LogP contribution is -2.20. The van der Waals surface area contributed by atoms with Gasteiger partial charge in [-0.05, 0) is 49.1 Å². The van der Waals surface area contributed by atoms with Crippen LogP contribution in [0.1, 0.15) is 65.2 Å². The van der Waals surface area contributed by atoms with Gasteiger partial charge in [-0.3, -0.25) is 0 Å². The zero-order valence-corrected chi connectivity index (χ0v) is 17.4. The minimum Gasteiger partial charge on any atom is -0.491 e. The van der Waals surface area contributed by atoms with Gasteiger partial charge in [0.25, 0.3) is 0 Å². The first-order chi connectivity index (χ1) is 14.0. The summed E-state index contributed by atoms with van der Waals surface area (Å²) in [4.78, 5) is 0. The molecule has 3 rings (SSSR count). The second kappa shape index (κ2) is 10.2. The molecule has 1 aliphatic carbocycles. The standard InChI is InChI=1S/C24H31F3O2/c1-3-5-6-7-16-8-10-17(11-9-16)15-29-20-14-18-12-13-19(28-4-2)22(25)21(18)24(27)23(20)26/h12-14,16-17H,3-11,15H2,1-2H3. The monoisotopic (exact) mass is 408 g/mol. The lowest BCUT2D eigenvalue weighted by Gasteiger charge is -2.28. The van der Waals surface area contributed by atoms with Crippen LogP contribution in [0, 0.1) is 29.3 Å². The molecular weight excluding hydrogens is 377 g/mol. The van der Waals surface area contributed by atoms with E-state index in [0.29, 0.717) is 12.5 Å². The molecule has 0 saturated heterocycles. The summed E-state index contributed by atoms with van der Waals surface area (Å²) >= 11 is 0. The van der Waals surface area contributed by atoms with E-state index in [9.17, 15) is 13.2 Å². The second-order valence-electron chi connectivity index (χ2n) is 8.11. The molecule has 0 unspecified atom stereocenters. The van der Waals surface area contributed by atoms with Crippen molar-refractivity contribution in [2.75, 3.05) is 13.2 Å². The maximum Gasteiger partial charge on any atom is 0.201 e. The Morgan fingerprint density at radius 3 is 2.24 bits per heavy atom. The van der Waals surface area contributed by atoms with E-state index in [2.05, 4.69) is 6.92 Å². The summed E-state index contributed by atoms with van der Waals surface area (Å²) in [7, 11) is 0. The number of fused-ring (bicyclic) bond motifs is 1. The van der Waals surface area contributed by atoms with Crippen molar-refractivity contribution in [3.8, 4) is 11.5 Å². The third kappa shape index (κ3) is 5.18. The molecule has 0 heterocycles. The first-order valence-electron chi connectivity index (χ1n) is 10.9. The SMILES string of the molecule is CCCCCC1CCC(COc2cc3ccc(OCC)c(F)c3c(F)c2F)CC1. The smallest absolute Gasteiger partial charge is 0.201 e. The van der Waals surface area contributed by atoms with Gasteiger partial charge in [0.05, 0.1) is 18.6 Å². The van der Waals surface area contributed by atoms with Gasteiger partial charge in [-0.15, -0.1) is 0 Å². The van der Waals surface area contributed by atoms with Crippen molar-refractivity contribution in [2.24, 2.45) is 11.8 Å². The number of rotatable bonds is 9. The van der Waals surface area contributed by atoms with Crippen LogP contribution in [0.15, 0.2) is 18.2 Å². The van der Waals surface area contributed by atoms with Crippen LogP contribution >= 0.6 is 0 Å². The van der Waals surface area contributed by atoms with Crippen LogP contribution in [0.25, 0.3) is 10.8 Å². The van der Waals surface area contributed by atoms with E-state index in [4.69, 9.17) is 9.47 Å². The molecule has 160 valence electrons. The summed E-state index contributed by atoms with van der Waals surface area (Å²) in [5.74, 6) is -2.34. The van der Waals surface area contributed by atoms with Crippen LogP contribution in [0.5, 0.6) is 11.5 Å². The Balaban J connectivity index is 1.64. The summed E-state index contributed by atoms with van der Waals surface area (Å²) in [6.07, 6.45) is 9.60. The summed E-state index contributed by atoms with van der Waals surface area (Å²) < 4.78 is 54.3. The maximum absolute atomic E-state index is 14.6. The second-order valence-corrected chi connectivity index (χ2v) is 8.11. The predicted octanol–water partition coefficient (Wildman–Crippen LogP) is 7.42. The Morgan fingerprint density at radius 1 is 0.828 bits per heavy atom. The Hall–Kier alpha value is -1.91. The number of benzene rings is 2. The van der Waals surface area contributed by atoms with Gasteiger partial charge in [0.1, 0.15) is 0 Å². The molecule has 1 fully saturated rings. The molecule has 0 aromatic heterocycles. The van der Waals surface area contributed by atoms with Crippen molar-refractivity contribution in [1.29, 1.82) is 0 Å². The maximum atomic E-state index is 14.6. The van der Waals surface area contributed by atoms with Gasteiger partial charge in [0.15, 0.2) is 23.1 Å². The van der Waals surface area contributed by atoms with Crippen LogP contribution in [0.2, 0.25) is 0 Å². The van der Waals surface area contributed by atoms with Gasteiger partial charge >= 0.3 is 0 Å².